The second kappa shape index (κ2) is 49.0. The van der Waals surface area contributed by atoms with E-state index in [-0.39, 0.29) is 6.61 Å². The first-order valence-corrected chi connectivity index (χ1v) is 26.0. The van der Waals surface area contributed by atoms with Crippen LogP contribution in [0.3, 0.4) is 0 Å². The first-order valence-electron chi connectivity index (χ1n) is 26.0. The summed E-state index contributed by atoms with van der Waals surface area (Å²) in [5.41, 5.74) is 0. The monoisotopic (exact) mass is 828 g/mol. The van der Waals surface area contributed by atoms with Crippen molar-refractivity contribution in [3.63, 3.8) is 0 Å². The van der Waals surface area contributed by atoms with Gasteiger partial charge < -0.3 is 20.6 Å². The van der Waals surface area contributed by atoms with Gasteiger partial charge in [0.1, 0.15) is 6.10 Å². The van der Waals surface area contributed by atoms with Crippen molar-refractivity contribution in [1.29, 1.82) is 0 Å². The van der Waals surface area contributed by atoms with Crippen LogP contribution in [0.1, 0.15) is 264 Å². The number of unbranched alkanes of at least 4 members (excludes halogenated alkanes) is 33. The molecular weight excluding hydrogens is 727 g/mol. The van der Waals surface area contributed by atoms with Crippen LogP contribution in [0.25, 0.3) is 0 Å². The van der Waals surface area contributed by atoms with Crippen LogP contribution in [0.15, 0.2) is 48.6 Å². The molecule has 0 fully saturated rings. The summed E-state index contributed by atoms with van der Waals surface area (Å²) in [4.78, 5) is 12.5. The van der Waals surface area contributed by atoms with Gasteiger partial charge in [0, 0.05) is 0 Å². The van der Waals surface area contributed by atoms with Gasteiger partial charge in [0.15, 0.2) is 0 Å². The highest BCUT2D eigenvalue weighted by Crippen LogP contribution is 2.16. The van der Waals surface area contributed by atoms with E-state index in [1.165, 1.54) is 199 Å². The number of rotatable bonds is 47. The summed E-state index contributed by atoms with van der Waals surface area (Å²) in [6, 6.07) is -0.823. The number of nitrogens with one attached hydrogen (secondary N) is 1. The van der Waals surface area contributed by atoms with Crippen LogP contribution in [-0.2, 0) is 4.79 Å². The Kier molecular flexibility index (Phi) is 47.6. The predicted octanol–water partition coefficient (Wildman–Crippen LogP) is 15.7. The Bertz CT molecular complexity index is 958. The molecule has 0 aliphatic rings. The second-order valence-electron chi connectivity index (χ2n) is 17.7. The minimum atomic E-state index is -1.11. The Balaban J connectivity index is 3.65. The molecule has 3 unspecified atom stereocenters. The van der Waals surface area contributed by atoms with Crippen LogP contribution < -0.4 is 5.32 Å². The van der Waals surface area contributed by atoms with Gasteiger partial charge in [-0.05, 0) is 70.6 Å². The summed E-state index contributed by atoms with van der Waals surface area (Å²) >= 11 is 0. The molecule has 1 amide bonds. The smallest absolute Gasteiger partial charge is 0.249 e. The maximum Gasteiger partial charge on any atom is 0.249 e. The summed E-state index contributed by atoms with van der Waals surface area (Å²) in [7, 11) is 0. The van der Waals surface area contributed by atoms with E-state index in [1.807, 2.05) is 6.08 Å². The second-order valence-corrected chi connectivity index (χ2v) is 17.7. The Morgan fingerprint density at radius 3 is 1.03 bits per heavy atom. The molecule has 346 valence electrons. The standard InChI is InChI=1S/C54H101NO4/c1-3-5-7-9-11-13-15-17-19-21-23-24-25-26-27-28-29-31-33-35-37-39-41-43-45-47-49-53(58)54(59)55-51(50-56)52(57)48-46-44-42-40-38-36-34-32-30-22-20-18-16-14-12-10-8-6-4-2/h26-27,30,32,38,40,46,48,51-53,56-58H,3-25,28-29,31,33-37,39,41-45,47,49-50H2,1-2H3,(H,55,59)/b27-26-,32-30+,40-38+,48-46+. The molecule has 0 rings (SSSR count). The fourth-order valence-corrected chi connectivity index (χ4v) is 7.80. The minimum absolute atomic E-state index is 0.382. The number of amides is 1. The molecule has 4 N–H and O–H groups in total. The van der Waals surface area contributed by atoms with Crippen molar-refractivity contribution in [3.8, 4) is 0 Å². The lowest BCUT2D eigenvalue weighted by Crippen LogP contribution is -2.48. The molecule has 0 saturated heterocycles. The van der Waals surface area contributed by atoms with Crippen LogP contribution in [0, 0.1) is 0 Å². The molecule has 0 aromatic carbocycles. The molecule has 0 aliphatic carbocycles. The third-order valence-corrected chi connectivity index (χ3v) is 11.9. The lowest BCUT2D eigenvalue weighted by atomic mass is 10.0. The normalized spacial score (nSPS) is 13.8. The van der Waals surface area contributed by atoms with Crippen molar-refractivity contribution < 1.29 is 20.1 Å². The summed E-state index contributed by atoms with van der Waals surface area (Å²) < 4.78 is 0. The minimum Gasteiger partial charge on any atom is -0.394 e. The van der Waals surface area contributed by atoms with Gasteiger partial charge in [-0.1, -0.05) is 242 Å². The molecule has 0 radical (unpaired) electrons. The molecule has 59 heavy (non-hydrogen) atoms. The molecule has 5 nitrogen and oxygen atoms in total. The Labute approximate surface area is 367 Å². The summed E-state index contributed by atoms with van der Waals surface area (Å²) in [6.07, 6.45) is 64.6. The largest absolute Gasteiger partial charge is 0.394 e. The average Bonchev–Trinajstić information content (AvgIpc) is 3.24. The zero-order chi connectivity index (χ0) is 43.0. The van der Waals surface area contributed by atoms with E-state index in [1.54, 1.807) is 6.08 Å². The molecule has 0 bridgehead atoms. The SMILES string of the molecule is CCCCCCCCCCC/C=C/CC/C=C/CC/C=C/C(O)C(CO)NC(=O)C(O)CCCCCCCCCCCC/C=C\CCCCCCCCCCCCCC. The molecule has 0 aromatic rings. The number of aliphatic hydroxyl groups excluding tert-OH is 3. The van der Waals surface area contributed by atoms with E-state index >= 15 is 0 Å². The molecule has 0 aromatic heterocycles. The van der Waals surface area contributed by atoms with Crippen LogP contribution in [0.2, 0.25) is 0 Å². The average molecular weight is 828 g/mol. The molecular formula is C54H101NO4. The summed E-state index contributed by atoms with van der Waals surface area (Å²) in [5, 5.41) is 33.2. The molecule has 5 heteroatoms. The first-order chi connectivity index (χ1) is 29.1. The molecule has 0 heterocycles. The third-order valence-electron chi connectivity index (χ3n) is 11.9. The molecule has 0 saturated carbocycles. The van der Waals surface area contributed by atoms with Crippen LogP contribution in [0.4, 0.5) is 0 Å². The van der Waals surface area contributed by atoms with E-state index in [0.29, 0.717) is 6.42 Å². The summed E-state index contributed by atoms with van der Waals surface area (Å²) in [5.74, 6) is -0.517. The predicted molar refractivity (Wildman–Crippen MR) is 259 cm³/mol. The van der Waals surface area contributed by atoms with Gasteiger partial charge in [-0.3, -0.25) is 4.79 Å². The third kappa shape index (κ3) is 44.2. The maximum absolute atomic E-state index is 12.5. The van der Waals surface area contributed by atoms with Crippen LogP contribution >= 0.6 is 0 Å². The fourth-order valence-electron chi connectivity index (χ4n) is 7.80. The van der Waals surface area contributed by atoms with Gasteiger partial charge in [-0.2, -0.15) is 0 Å². The van der Waals surface area contributed by atoms with Gasteiger partial charge in [0.2, 0.25) is 5.91 Å². The molecule has 0 aliphatic heterocycles. The highest BCUT2D eigenvalue weighted by molar-refractivity contribution is 5.80. The van der Waals surface area contributed by atoms with E-state index in [2.05, 4.69) is 55.6 Å². The van der Waals surface area contributed by atoms with Gasteiger partial charge in [-0.25, -0.2) is 0 Å². The van der Waals surface area contributed by atoms with Crippen molar-refractivity contribution in [2.45, 2.75) is 283 Å². The lowest BCUT2D eigenvalue weighted by molar-refractivity contribution is -0.131. The number of aliphatic hydroxyl groups is 3. The quantitative estimate of drug-likeness (QED) is 0.0363. The van der Waals surface area contributed by atoms with Crippen molar-refractivity contribution >= 4 is 5.91 Å². The van der Waals surface area contributed by atoms with Gasteiger partial charge in [-0.15, -0.1) is 0 Å². The van der Waals surface area contributed by atoms with Crippen molar-refractivity contribution in [2.24, 2.45) is 0 Å². The van der Waals surface area contributed by atoms with E-state index in [9.17, 15) is 20.1 Å². The zero-order valence-electron chi connectivity index (χ0n) is 39.4. The Morgan fingerprint density at radius 1 is 0.407 bits per heavy atom. The van der Waals surface area contributed by atoms with E-state index < -0.39 is 24.2 Å². The maximum atomic E-state index is 12.5. The first kappa shape index (κ1) is 57.3. The van der Waals surface area contributed by atoms with Crippen molar-refractivity contribution in [2.75, 3.05) is 6.61 Å². The highest BCUT2D eigenvalue weighted by atomic mass is 16.3. The summed E-state index contributed by atoms with van der Waals surface area (Å²) in [6.45, 7) is 4.18. The number of hydrogen-bond acceptors (Lipinski definition) is 4. The van der Waals surface area contributed by atoms with Crippen molar-refractivity contribution in [3.05, 3.63) is 48.6 Å². The zero-order valence-corrected chi connectivity index (χ0v) is 39.4. The number of carbonyl (C=O) groups excluding carboxylic acids is 1. The van der Waals surface area contributed by atoms with Crippen molar-refractivity contribution in [1.82, 2.24) is 5.32 Å². The van der Waals surface area contributed by atoms with Crippen LogP contribution in [-0.4, -0.2) is 46.1 Å². The van der Waals surface area contributed by atoms with Gasteiger partial charge >= 0.3 is 0 Å². The topological polar surface area (TPSA) is 89.8 Å². The number of hydrogen-bond donors (Lipinski definition) is 4. The lowest BCUT2D eigenvalue weighted by Gasteiger charge is -2.21. The molecule has 3 atom stereocenters. The van der Waals surface area contributed by atoms with Crippen LogP contribution in [0.5, 0.6) is 0 Å². The number of carbonyl (C=O) groups is 1. The van der Waals surface area contributed by atoms with Gasteiger partial charge in [0.05, 0.1) is 18.8 Å². The highest BCUT2D eigenvalue weighted by Gasteiger charge is 2.22. The van der Waals surface area contributed by atoms with Gasteiger partial charge in [0.25, 0.3) is 0 Å². The van der Waals surface area contributed by atoms with E-state index in [4.69, 9.17) is 0 Å². The Morgan fingerprint density at radius 2 is 0.695 bits per heavy atom. The fraction of sp³-hybridized carbons (Fsp3) is 0.833. The number of allylic oxidation sites excluding steroid dienone is 7. The van der Waals surface area contributed by atoms with E-state index in [0.717, 1.165) is 44.9 Å². The molecule has 0 spiro atoms. The Hall–Kier alpha value is -1.69.